The van der Waals surface area contributed by atoms with Crippen LogP contribution in [-0.4, -0.2) is 15.0 Å². The van der Waals surface area contributed by atoms with Crippen molar-refractivity contribution in [3.63, 3.8) is 0 Å². The molecular weight excluding hydrogens is 634 g/mol. The number of anilines is 1. The van der Waals surface area contributed by atoms with Crippen molar-refractivity contribution in [3.8, 4) is 11.1 Å². The number of nitrogens with zero attached hydrogens (tertiary/aromatic N) is 4. The summed E-state index contributed by atoms with van der Waals surface area (Å²) >= 11 is 9.25. The van der Waals surface area contributed by atoms with E-state index >= 15 is 0 Å². The summed E-state index contributed by atoms with van der Waals surface area (Å²) in [5.74, 6) is -0.322. The molecule has 7 rings (SSSR count). The average molecular weight is 664 g/mol. The molecule has 0 saturated carbocycles. The molecule has 0 fully saturated rings. The van der Waals surface area contributed by atoms with Gasteiger partial charge in [-0.05, 0) is 99.6 Å². The molecular formula is C36H30ClN5O2S2. The lowest BCUT2D eigenvalue weighted by Gasteiger charge is -2.25. The summed E-state index contributed by atoms with van der Waals surface area (Å²) in [6, 6.07) is 20.3. The lowest BCUT2D eigenvalue weighted by molar-refractivity contribution is -0.113. The molecule has 0 unspecified atom stereocenters. The molecule has 2 aliphatic rings. The SMILES string of the molecule is CC1=C(C(=O)Nc2ccccc2)[C@@H](c2ccc(Cl)cc2)n2c(s/c(=C/c3cc(C)n(-c4sc5c(c4C#N)CCCC5)c3C)c2=O)=N1. The Kier molecular flexibility index (Phi) is 7.89. The normalized spacial score (nSPS) is 16.1. The number of carbonyl (C=O) groups excluding carboxylic acids is 1. The number of nitrogens with one attached hydrogen (secondary N) is 1. The fraction of sp³-hybridized carbons (Fsp3) is 0.222. The molecule has 1 aliphatic carbocycles. The molecule has 5 aromatic rings. The average Bonchev–Trinajstić information content (AvgIpc) is 3.66. The number of carbonyl (C=O) groups is 1. The number of aromatic nitrogens is 2. The molecule has 0 saturated heterocycles. The zero-order chi connectivity index (χ0) is 32.1. The molecule has 1 atom stereocenters. The monoisotopic (exact) mass is 663 g/mol. The highest BCUT2D eigenvalue weighted by atomic mass is 35.5. The van der Waals surface area contributed by atoms with Crippen LogP contribution in [0.25, 0.3) is 11.1 Å². The highest BCUT2D eigenvalue weighted by Gasteiger charge is 2.33. The van der Waals surface area contributed by atoms with E-state index < -0.39 is 6.04 Å². The third kappa shape index (κ3) is 5.17. The maximum absolute atomic E-state index is 14.3. The summed E-state index contributed by atoms with van der Waals surface area (Å²) in [5.41, 5.74) is 6.96. The van der Waals surface area contributed by atoms with E-state index in [4.69, 9.17) is 16.6 Å². The Morgan fingerprint density at radius 3 is 2.54 bits per heavy atom. The number of thiophene rings is 1. The summed E-state index contributed by atoms with van der Waals surface area (Å²) < 4.78 is 4.28. The van der Waals surface area contributed by atoms with E-state index in [0.29, 0.717) is 31.3 Å². The number of hydrogen-bond acceptors (Lipinski definition) is 6. The van der Waals surface area contributed by atoms with Crippen LogP contribution in [0.3, 0.4) is 0 Å². The minimum Gasteiger partial charge on any atom is -0.322 e. The number of allylic oxidation sites excluding steroid dienone is 1. The minimum atomic E-state index is -0.692. The Morgan fingerprint density at radius 1 is 1.07 bits per heavy atom. The zero-order valence-corrected chi connectivity index (χ0v) is 27.9. The summed E-state index contributed by atoms with van der Waals surface area (Å²) in [6.07, 6.45) is 6.13. The second kappa shape index (κ2) is 12.0. The summed E-state index contributed by atoms with van der Waals surface area (Å²) in [5, 5.41) is 14.6. The second-order valence-electron chi connectivity index (χ2n) is 11.6. The highest BCUT2D eigenvalue weighted by molar-refractivity contribution is 7.15. The molecule has 1 N–H and O–H groups in total. The Balaban J connectivity index is 1.35. The standard InChI is InChI=1S/C36H30ClN5O2S2/c1-20-17-24(22(3)41(20)35-28(19-38)27-11-7-8-12-29(27)45-35)18-30-34(44)42-32(23-13-15-25(37)16-14-23)31(21(2)39-36(42)46-30)33(43)40-26-9-5-4-6-10-26/h4-6,9-10,13-18,32H,7-8,11-12H2,1-3H3,(H,40,43)/b30-18+/t32-/m1/s1. The van der Waals surface area contributed by atoms with Crippen molar-refractivity contribution in [2.45, 2.75) is 52.5 Å². The number of aryl methyl sites for hydroxylation is 2. The Morgan fingerprint density at radius 2 is 1.80 bits per heavy atom. The summed E-state index contributed by atoms with van der Waals surface area (Å²) in [6.45, 7) is 5.87. The summed E-state index contributed by atoms with van der Waals surface area (Å²) in [7, 11) is 0. The Bertz CT molecular complexity index is 2280. The minimum absolute atomic E-state index is 0.227. The maximum atomic E-state index is 14.3. The number of hydrogen-bond donors (Lipinski definition) is 1. The lowest BCUT2D eigenvalue weighted by atomic mass is 9.95. The first-order valence-corrected chi connectivity index (χ1v) is 17.1. The van der Waals surface area contributed by atoms with E-state index in [1.807, 2.05) is 62.4 Å². The quantitative estimate of drug-likeness (QED) is 0.226. The fourth-order valence-electron chi connectivity index (χ4n) is 6.50. The van der Waals surface area contributed by atoms with Gasteiger partial charge in [0.25, 0.3) is 11.5 Å². The maximum Gasteiger partial charge on any atom is 0.271 e. The number of amides is 1. The van der Waals surface area contributed by atoms with Crippen molar-refractivity contribution in [1.29, 1.82) is 5.26 Å². The van der Waals surface area contributed by atoms with E-state index in [9.17, 15) is 14.9 Å². The van der Waals surface area contributed by atoms with Crippen molar-refractivity contribution in [1.82, 2.24) is 9.13 Å². The van der Waals surface area contributed by atoms with Crippen molar-refractivity contribution < 1.29 is 4.79 Å². The predicted octanol–water partition coefficient (Wildman–Crippen LogP) is 6.75. The van der Waals surface area contributed by atoms with Crippen molar-refractivity contribution in [2.75, 3.05) is 5.32 Å². The molecule has 0 bridgehead atoms. The predicted molar refractivity (Wildman–Crippen MR) is 185 cm³/mol. The van der Waals surface area contributed by atoms with Crippen molar-refractivity contribution in [3.05, 3.63) is 135 Å². The number of halogens is 1. The number of fused-ring (bicyclic) bond motifs is 2. The van der Waals surface area contributed by atoms with E-state index in [0.717, 1.165) is 58.8 Å². The van der Waals surface area contributed by atoms with Crippen LogP contribution in [0.1, 0.15) is 64.3 Å². The third-order valence-corrected chi connectivity index (χ3v) is 11.2. The largest absolute Gasteiger partial charge is 0.322 e. The summed E-state index contributed by atoms with van der Waals surface area (Å²) in [4.78, 5) is 34.7. The fourth-order valence-corrected chi connectivity index (χ4v) is 9.12. The molecule has 3 aromatic heterocycles. The van der Waals surface area contributed by atoms with Gasteiger partial charge in [-0.15, -0.1) is 11.3 Å². The smallest absolute Gasteiger partial charge is 0.271 e. The van der Waals surface area contributed by atoms with Crippen LogP contribution in [0.5, 0.6) is 0 Å². The first kappa shape index (κ1) is 30.2. The lowest BCUT2D eigenvalue weighted by Crippen LogP contribution is -2.40. The number of rotatable bonds is 5. The molecule has 1 aliphatic heterocycles. The van der Waals surface area contributed by atoms with E-state index in [2.05, 4.69) is 22.0 Å². The third-order valence-electron chi connectivity index (χ3n) is 8.71. The van der Waals surface area contributed by atoms with Crippen LogP contribution >= 0.6 is 34.3 Å². The highest BCUT2D eigenvalue weighted by Crippen LogP contribution is 2.38. The molecule has 10 heteroatoms. The van der Waals surface area contributed by atoms with Gasteiger partial charge in [0.1, 0.15) is 11.1 Å². The van der Waals surface area contributed by atoms with Gasteiger partial charge in [-0.25, -0.2) is 4.99 Å². The molecule has 230 valence electrons. The van der Waals surface area contributed by atoms with Gasteiger partial charge in [-0.3, -0.25) is 14.2 Å². The van der Waals surface area contributed by atoms with Crippen LogP contribution in [-0.2, 0) is 17.6 Å². The number of para-hydroxylation sites is 1. The van der Waals surface area contributed by atoms with E-state index in [1.165, 1.54) is 21.8 Å². The number of benzene rings is 2. The van der Waals surface area contributed by atoms with Crippen LogP contribution in [0.4, 0.5) is 5.69 Å². The molecule has 1 amide bonds. The van der Waals surface area contributed by atoms with Gasteiger partial charge in [-0.2, -0.15) is 5.26 Å². The Hall–Kier alpha value is -4.49. The van der Waals surface area contributed by atoms with Crippen LogP contribution < -0.4 is 20.2 Å². The molecule has 0 spiro atoms. The van der Waals surface area contributed by atoms with E-state index in [-0.39, 0.29) is 11.5 Å². The van der Waals surface area contributed by atoms with Gasteiger partial charge in [0, 0.05) is 27.0 Å². The van der Waals surface area contributed by atoms with E-state index in [1.54, 1.807) is 35.0 Å². The molecule has 7 nitrogen and oxygen atoms in total. The van der Waals surface area contributed by atoms with Gasteiger partial charge < -0.3 is 9.88 Å². The van der Waals surface area contributed by atoms with Gasteiger partial charge in [0.05, 0.1) is 27.4 Å². The van der Waals surface area contributed by atoms with Crippen LogP contribution in [0.15, 0.2) is 81.7 Å². The van der Waals surface area contributed by atoms with Gasteiger partial charge in [0.2, 0.25) is 0 Å². The number of nitriles is 1. The number of thiazole rings is 1. The van der Waals surface area contributed by atoms with Crippen molar-refractivity contribution >= 4 is 51.9 Å². The van der Waals surface area contributed by atoms with Gasteiger partial charge in [0.15, 0.2) is 4.80 Å². The first-order chi connectivity index (χ1) is 22.2. The van der Waals surface area contributed by atoms with Gasteiger partial charge >= 0.3 is 0 Å². The van der Waals surface area contributed by atoms with Crippen LogP contribution in [0, 0.1) is 25.2 Å². The molecule has 0 radical (unpaired) electrons. The topological polar surface area (TPSA) is 92.2 Å². The van der Waals surface area contributed by atoms with Crippen molar-refractivity contribution in [2.24, 2.45) is 4.99 Å². The van der Waals surface area contributed by atoms with Gasteiger partial charge in [-0.1, -0.05) is 53.3 Å². The van der Waals surface area contributed by atoms with Crippen LogP contribution in [0.2, 0.25) is 5.02 Å². The molecule has 2 aromatic carbocycles. The molecule has 4 heterocycles. The first-order valence-electron chi connectivity index (χ1n) is 15.1. The molecule has 46 heavy (non-hydrogen) atoms. The zero-order valence-electron chi connectivity index (χ0n) is 25.6. The second-order valence-corrected chi connectivity index (χ2v) is 14.1. The Labute approximate surface area is 279 Å².